The Hall–Kier alpha value is -5.31. The van der Waals surface area contributed by atoms with Crippen molar-refractivity contribution in [1.29, 1.82) is 0 Å². The number of hydrogen-bond acceptors (Lipinski definition) is 13. The number of aldehydes is 1. The van der Waals surface area contributed by atoms with Crippen LogP contribution >= 0.6 is 8.69 Å². The first-order valence-electron chi connectivity index (χ1n) is 28.9. The fourth-order valence-corrected chi connectivity index (χ4v) is 8.12. The van der Waals surface area contributed by atoms with E-state index in [0.29, 0.717) is 43.9 Å². The highest BCUT2D eigenvalue weighted by atomic mass is 31.1. The predicted octanol–water partition coefficient (Wildman–Crippen LogP) is 13.8. The van der Waals surface area contributed by atoms with Gasteiger partial charge in [0.25, 0.3) is 0 Å². The Morgan fingerprint density at radius 3 is 1.48 bits per heavy atom. The summed E-state index contributed by atoms with van der Waals surface area (Å²) in [6.07, 6.45) is 29.2. The first-order chi connectivity index (χ1) is 39.3. The van der Waals surface area contributed by atoms with Gasteiger partial charge in [0.05, 0.1) is 34.0 Å². The molecule has 0 aliphatic rings. The average molecular weight is 1240 g/mol. The van der Waals surface area contributed by atoms with Gasteiger partial charge in [0, 0.05) is 63.6 Å². The van der Waals surface area contributed by atoms with E-state index in [2.05, 4.69) is 176 Å². The van der Waals surface area contributed by atoms with Gasteiger partial charge in [0.2, 0.25) is 0 Å². The van der Waals surface area contributed by atoms with Gasteiger partial charge in [-0.1, -0.05) is 153 Å². The van der Waals surface area contributed by atoms with Crippen molar-refractivity contribution >= 4 is 57.3 Å². The topological polar surface area (TPSA) is 181 Å². The second-order valence-corrected chi connectivity index (χ2v) is 37.3. The SMILES string of the molecule is C#CC[C@@H](O)/C=C/C=C/C#C[C@H](O)CCCC(=O)OC.CC(C)(C)[Si](C)(C)OC(C=O)CC#C[Si](C)(C)C.CCOCC.COC(=O)CCC[C@@H](C)C#C/C=C/C=C/[C@H](C)CC#C[Si](C)(C)C.COC(=O)CCC[C@@H](C)C#C/C=C/COP=O. The zero-order chi connectivity index (χ0) is 65.3. The van der Waals surface area contributed by atoms with Crippen molar-refractivity contribution in [3.63, 3.8) is 0 Å². The molecule has 0 aromatic carbocycles. The Bertz CT molecular complexity index is 2320. The molecule has 17 heteroatoms. The summed E-state index contributed by atoms with van der Waals surface area (Å²) in [5, 5.41) is 18.9. The normalized spacial score (nSPS) is 13.2. The molecule has 0 saturated carbocycles. The fraction of sp³-hybridized carbons (Fsp3) is 0.612. The van der Waals surface area contributed by atoms with E-state index >= 15 is 0 Å². The zero-order valence-electron chi connectivity index (χ0n) is 54.8. The molecule has 0 radical (unpaired) electrons. The van der Waals surface area contributed by atoms with Gasteiger partial charge in [-0.25, -0.2) is 4.57 Å². The molecule has 2 N–H and O–H groups in total. The largest absolute Gasteiger partial charge is 0.469 e. The van der Waals surface area contributed by atoms with Crippen LogP contribution < -0.4 is 0 Å². The van der Waals surface area contributed by atoms with Crippen LogP contribution in [-0.4, -0.2) is 118 Å². The maximum absolute atomic E-state index is 11.1. The average Bonchev–Trinajstić information content (AvgIpc) is 3.63. The van der Waals surface area contributed by atoms with E-state index in [1.807, 2.05) is 39.0 Å². The summed E-state index contributed by atoms with van der Waals surface area (Å²) in [5.74, 6) is 26.6. The Kier molecular flexibility index (Phi) is 59.1. The molecule has 84 heavy (non-hydrogen) atoms. The van der Waals surface area contributed by atoms with E-state index in [4.69, 9.17) is 15.6 Å². The van der Waals surface area contributed by atoms with E-state index < -0.39 is 36.7 Å². The summed E-state index contributed by atoms with van der Waals surface area (Å²) < 4.78 is 39.0. The number of carbonyl (C=O) groups is 4. The lowest BCUT2D eigenvalue weighted by molar-refractivity contribution is -0.141. The summed E-state index contributed by atoms with van der Waals surface area (Å²) >= 11 is 0. The third-order valence-corrected chi connectivity index (χ3v) is 17.7. The van der Waals surface area contributed by atoms with Crippen molar-refractivity contribution in [2.24, 2.45) is 17.8 Å². The summed E-state index contributed by atoms with van der Waals surface area (Å²) in [7, 11) is -0.653. The number of allylic oxidation sites excluding steroid dienone is 8. The monoisotopic (exact) mass is 1230 g/mol. The molecule has 0 fully saturated rings. The number of methoxy groups -OCH3 is 3. The highest BCUT2D eigenvalue weighted by Crippen LogP contribution is 2.37. The molecule has 0 aliphatic carbocycles. The highest BCUT2D eigenvalue weighted by molar-refractivity contribution is 7.17. The molecule has 0 aromatic rings. The van der Waals surface area contributed by atoms with E-state index in [1.54, 1.807) is 36.5 Å². The predicted molar refractivity (Wildman–Crippen MR) is 355 cm³/mol. The van der Waals surface area contributed by atoms with Crippen molar-refractivity contribution in [2.45, 2.75) is 208 Å². The molecule has 0 heterocycles. The molecule has 0 amide bonds. The number of carbonyl (C=O) groups excluding carboxylic acids is 4. The quantitative estimate of drug-likeness (QED) is 0.0116. The van der Waals surface area contributed by atoms with Crippen LogP contribution in [0.25, 0.3) is 0 Å². The van der Waals surface area contributed by atoms with Gasteiger partial charge in [0.15, 0.2) is 8.32 Å². The molecule has 470 valence electrons. The number of ether oxygens (including phenoxy) is 4. The van der Waals surface area contributed by atoms with E-state index in [1.165, 1.54) is 21.3 Å². The summed E-state index contributed by atoms with van der Waals surface area (Å²) in [4.78, 5) is 43.8. The fourth-order valence-electron chi connectivity index (χ4n) is 5.45. The molecular weight excluding hydrogens is 1130 g/mol. The molecular formula is C67H107O13PSi3. The minimum Gasteiger partial charge on any atom is -0.469 e. The van der Waals surface area contributed by atoms with Gasteiger partial charge in [-0.3, -0.25) is 18.9 Å². The van der Waals surface area contributed by atoms with Crippen molar-refractivity contribution in [2.75, 3.05) is 41.2 Å². The van der Waals surface area contributed by atoms with Crippen LogP contribution in [0.3, 0.4) is 0 Å². The number of rotatable bonds is 27. The van der Waals surface area contributed by atoms with Crippen molar-refractivity contribution in [3.05, 3.63) is 60.8 Å². The van der Waals surface area contributed by atoms with Crippen LogP contribution in [0.2, 0.25) is 57.4 Å². The number of esters is 3. The minimum atomic E-state index is -1.87. The van der Waals surface area contributed by atoms with Crippen LogP contribution in [0.5, 0.6) is 0 Å². The second-order valence-electron chi connectivity index (χ2n) is 22.6. The lowest BCUT2D eigenvalue weighted by Gasteiger charge is -2.37. The van der Waals surface area contributed by atoms with Crippen molar-refractivity contribution in [3.8, 4) is 70.8 Å². The van der Waals surface area contributed by atoms with Crippen molar-refractivity contribution in [1.82, 2.24) is 0 Å². The van der Waals surface area contributed by atoms with Gasteiger partial charge < -0.3 is 38.4 Å². The van der Waals surface area contributed by atoms with Crippen LogP contribution in [0, 0.1) is 88.5 Å². The molecule has 0 aliphatic heterocycles. The van der Waals surface area contributed by atoms with E-state index in [9.17, 15) is 34.0 Å². The van der Waals surface area contributed by atoms with Gasteiger partial charge in [-0.15, -0.1) is 35.3 Å². The Labute approximate surface area is 515 Å². The maximum atomic E-state index is 11.1. The van der Waals surface area contributed by atoms with E-state index in [0.717, 1.165) is 51.6 Å². The van der Waals surface area contributed by atoms with Crippen LogP contribution in [0.4, 0.5) is 0 Å². The summed E-state index contributed by atoms with van der Waals surface area (Å²) in [6.45, 7) is 36.4. The van der Waals surface area contributed by atoms with Crippen LogP contribution in [-0.2, 0) is 51.6 Å². The molecule has 0 rings (SSSR count). The molecule has 0 saturated heterocycles. The Morgan fingerprint density at radius 2 is 1.07 bits per heavy atom. The smallest absolute Gasteiger partial charge is 0.327 e. The molecule has 6 atom stereocenters. The Morgan fingerprint density at radius 1 is 0.631 bits per heavy atom. The van der Waals surface area contributed by atoms with Crippen LogP contribution in [0.15, 0.2) is 60.8 Å². The highest BCUT2D eigenvalue weighted by Gasteiger charge is 2.39. The molecule has 1 unspecified atom stereocenters. The number of aliphatic hydroxyl groups is 2. The molecule has 0 bridgehead atoms. The summed E-state index contributed by atoms with van der Waals surface area (Å²) in [5.41, 5.74) is 6.67. The molecule has 0 spiro atoms. The Balaban J connectivity index is -0.000000323. The third kappa shape index (κ3) is 69.2. The first kappa shape index (κ1) is 87.5. The second kappa shape index (κ2) is 56.8. The maximum Gasteiger partial charge on any atom is 0.327 e. The summed E-state index contributed by atoms with van der Waals surface area (Å²) in [6, 6.07) is 0. The standard InChI is InChI=1S/C21H32O2Si.C16H20O4.C14H28O2Si2.C12H17O4P.C4H10O/c1-19(15-11-17-21(22)23-3)13-9-7-8-10-14-20(2)16-12-18-24(4,5)6;1-3-9-14(17)10-6-4-5-7-11-15(18)12-8-13-16(19)20-2;1-14(2,3)18(7,8)16-13(12-15)10-9-11-17(4,5)6;1-11(8-6-9-12(13)15-2)7-4-3-5-10-16-17-14;1-3-5-4-2/h7-8,10,14,19-20H,11,15-17H2,1-6H3;1,4-6,10,14-15,17-18H,8-9,12-13H2,2H3;12-13H,10H2,1-8H3;3,5,11H,6,8-10H2,1-2H3;3-4H2,1-2H3/b8-7+,14-10+;5-4+,10-6+;;5-3+;/t19-,20-;14-,15+;;11-;/m01.0./s1. The minimum absolute atomic E-state index is 0.125. The van der Waals surface area contributed by atoms with Gasteiger partial charge in [-0.05, 0) is 101 Å². The van der Waals surface area contributed by atoms with Crippen molar-refractivity contribution < 1.29 is 61.9 Å². The zero-order valence-corrected chi connectivity index (χ0v) is 58.7. The number of hydrogen-bond donors (Lipinski definition) is 2. The van der Waals surface area contributed by atoms with Gasteiger partial charge >= 0.3 is 26.6 Å². The lowest BCUT2D eigenvalue weighted by atomic mass is 10.0. The van der Waals surface area contributed by atoms with Crippen LogP contribution in [0.1, 0.15) is 132 Å². The third-order valence-electron chi connectivity index (χ3n) is 11.1. The molecule has 13 nitrogen and oxygen atoms in total. The van der Waals surface area contributed by atoms with E-state index in [-0.39, 0.29) is 63.1 Å². The lowest BCUT2D eigenvalue weighted by Crippen LogP contribution is -2.44. The number of aliphatic hydroxyl groups excluding tert-OH is 2. The van der Waals surface area contributed by atoms with Gasteiger partial charge in [0.1, 0.15) is 34.6 Å². The number of terminal acetylenes is 1. The molecule has 0 aromatic heterocycles. The van der Waals surface area contributed by atoms with Gasteiger partial charge in [-0.2, -0.15) is 0 Å². The first-order valence-corrected chi connectivity index (χ1v) is 39.5.